The van der Waals surface area contributed by atoms with Gasteiger partial charge in [0.1, 0.15) is 0 Å². The Balaban J connectivity index is -0.0000000576. The van der Waals surface area contributed by atoms with Gasteiger partial charge in [0.2, 0.25) is 0 Å². The Morgan fingerprint density at radius 2 is 0.144 bits per heavy atom. The summed E-state index contributed by atoms with van der Waals surface area (Å²) in [6.07, 6.45) is 82.3. The number of unbranched alkanes of at least 4 members (excludes halogenated alkanes) is 46. The molecule has 0 unspecified atom stereocenters. The van der Waals surface area contributed by atoms with E-state index in [1.807, 2.05) is 13.8 Å². The Morgan fingerprint density at radius 1 is 0.0889 bits per heavy atom. The summed E-state index contributed by atoms with van der Waals surface area (Å²) in [5.41, 5.74) is 0. The van der Waals surface area contributed by atoms with Crippen LogP contribution in [0.5, 0.6) is 0 Å². The van der Waals surface area contributed by atoms with Crippen molar-refractivity contribution in [3.63, 3.8) is 0 Å². The molecule has 90 heavy (non-hydrogen) atoms. The van der Waals surface area contributed by atoms with Crippen LogP contribution in [-0.4, -0.2) is 13.2 Å². The first-order chi connectivity index (χ1) is 43.8. The molecule has 0 spiro atoms. The minimum absolute atomic E-state index is 0.844. The summed E-state index contributed by atoms with van der Waals surface area (Å²) < 4.78 is 4.83. The summed E-state index contributed by atoms with van der Waals surface area (Å²) in [4.78, 5) is 0. The quantitative estimate of drug-likeness (QED) is 0.0552. The van der Waals surface area contributed by atoms with Crippen molar-refractivity contribution in [3.05, 3.63) is 0 Å². The molecule has 568 valence electrons. The standard InChI is InChI=1S/7C7H16.6C6H14.C4H10O/c7*1-3-5-7-6-4-2;6*1-3-5-6-4-2;1-3-5-4-2/h7*3-7H2,1-2H3;6*3-6H2,1-2H3;3-4H2,1-2H3. The van der Waals surface area contributed by atoms with Crippen LogP contribution in [0.4, 0.5) is 0 Å². The van der Waals surface area contributed by atoms with Gasteiger partial charge in [-0.2, -0.15) is 0 Å². The monoisotopic (exact) mass is 1290 g/mol. The second-order valence-corrected chi connectivity index (χ2v) is 25.4. The molecule has 0 aliphatic carbocycles. The van der Waals surface area contributed by atoms with Crippen LogP contribution in [0.15, 0.2) is 0 Å². The van der Waals surface area contributed by atoms with Crippen molar-refractivity contribution >= 4 is 0 Å². The van der Waals surface area contributed by atoms with E-state index in [9.17, 15) is 0 Å². The fourth-order valence-electron chi connectivity index (χ4n) is 7.94. The summed E-state index contributed by atoms with van der Waals surface area (Å²) in [6.45, 7) is 63.9. The van der Waals surface area contributed by atoms with Crippen LogP contribution in [-0.2, 0) is 4.74 Å². The third-order valence-corrected chi connectivity index (χ3v) is 14.6. The van der Waals surface area contributed by atoms with Crippen LogP contribution >= 0.6 is 0 Å². The highest BCUT2D eigenvalue weighted by Gasteiger charge is 1.85. The predicted octanol–water partition coefficient (Wildman–Crippen LogP) is 37.4. The van der Waals surface area contributed by atoms with E-state index in [1.165, 1.54) is 379 Å². The van der Waals surface area contributed by atoms with Crippen LogP contribution in [0.1, 0.15) is 573 Å². The van der Waals surface area contributed by atoms with Crippen LogP contribution in [0.2, 0.25) is 0 Å². The smallest absolute Gasteiger partial charge is 0.0437 e. The highest BCUT2D eigenvalue weighted by molar-refractivity contribution is 4.41. The van der Waals surface area contributed by atoms with Crippen molar-refractivity contribution < 1.29 is 4.74 Å². The molecule has 0 saturated heterocycles. The molecule has 0 aliphatic rings. The summed E-state index contributed by atoms with van der Waals surface area (Å²) in [5, 5.41) is 0. The fraction of sp³-hybridized carbons (Fsp3) is 1.00. The lowest BCUT2D eigenvalue weighted by Gasteiger charge is -1.90. The SMILES string of the molecule is CCCCCC.CCCCCC.CCCCCC.CCCCCC.CCCCCC.CCCCCC.CCCCCCC.CCCCCCC.CCCCCCC.CCCCCCC.CCCCCCC.CCCCCCC.CCCCCCC.CCOCC. The van der Waals surface area contributed by atoms with Gasteiger partial charge < -0.3 is 4.74 Å². The van der Waals surface area contributed by atoms with Crippen LogP contribution in [0.25, 0.3) is 0 Å². The molecule has 0 radical (unpaired) electrons. The Kier molecular flexibility index (Phi) is 246. The second-order valence-electron chi connectivity index (χ2n) is 25.4. The Bertz CT molecular complexity index is 532. The third kappa shape index (κ3) is 289. The Labute approximate surface area is 587 Å². The van der Waals surface area contributed by atoms with E-state index in [2.05, 4.69) is 180 Å². The predicted molar refractivity (Wildman–Crippen MR) is 442 cm³/mol. The summed E-state index contributed by atoms with van der Waals surface area (Å²) in [7, 11) is 0. The maximum absolute atomic E-state index is 4.83. The van der Waals surface area contributed by atoms with Gasteiger partial charge in [0.05, 0.1) is 0 Å². The zero-order chi connectivity index (χ0) is 71.8. The average Bonchev–Trinajstić information content (AvgIpc) is 3.56. The Hall–Kier alpha value is -0.0400. The van der Waals surface area contributed by atoms with Crippen LogP contribution in [0, 0.1) is 0 Å². The van der Waals surface area contributed by atoms with Crippen molar-refractivity contribution in [2.24, 2.45) is 0 Å². The fourth-order valence-corrected chi connectivity index (χ4v) is 7.94. The second kappa shape index (κ2) is 179. The van der Waals surface area contributed by atoms with E-state index in [0.29, 0.717) is 0 Å². The van der Waals surface area contributed by atoms with E-state index >= 15 is 0 Å². The number of hydrogen-bond acceptors (Lipinski definition) is 1. The molecule has 1 heteroatoms. The lowest BCUT2D eigenvalue weighted by Crippen LogP contribution is -1.84. The van der Waals surface area contributed by atoms with Crippen LogP contribution < -0.4 is 0 Å². The van der Waals surface area contributed by atoms with Gasteiger partial charge >= 0.3 is 0 Å². The van der Waals surface area contributed by atoms with Gasteiger partial charge in [-0.15, -0.1) is 0 Å². The zero-order valence-corrected chi connectivity index (χ0v) is 71.5. The van der Waals surface area contributed by atoms with E-state index in [0.717, 1.165) is 13.2 Å². The molecule has 0 amide bonds. The molecule has 1 nitrogen and oxygen atoms in total. The van der Waals surface area contributed by atoms with Gasteiger partial charge in [0.15, 0.2) is 0 Å². The summed E-state index contributed by atoms with van der Waals surface area (Å²) in [5.74, 6) is 0. The van der Waals surface area contributed by atoms with Gasteiger partial charge in [0, 0.05) is 13.2 Å². The highest BCUT2D eigenvalue weighted by atomic mass is 16.5. The number of ether oxygens (including phenoxy) is 1. The molecule has 0 saturated carbocycles. The van der Waals surface area contributed by atoms with Gasteiger partial charge in [0.25, 0.3) is 0 Å². The molecule has 0 aromatic heterocycles. The first-order valence-corrected chi connectivity index (χ1v) is 43.4. The lowest BCUT2D eigenvalue weighted by atomic mass is 10.2. The molecule has 0 fully saturated rings. The van der Waals surface area contributed by atoms with Gasteiger partial charge in [-0.05, 0) is 13.8 Å². The first kappa shape index (κ1) is 123. The molecule has 0 N–H and O–H groups in total. The number of hydrogen-bond donors (Lipinski definition) is 0. The van der Waals surface area contributed by atoms with Gasteiger partial charge in [-0.3, -0.25) is 0 Å². The average molecular weight is 1290 g/mol. The lowest BCUT2D eigenvalue weighted by molar-refractivity contribution is 0.162. The van der Waals surface area contributed by atoms with Crippen LogP contribution in [0.3, 0.4) is 0 Å². The molecule has 0 bridgehead atoms. The van der Waals surface area contributed by atoms with Crippen molar-refractivity contribution in [2.45, 2.75) is 573 Å². The zero-order valence-electron chi connectivity index (χ0n) is 71.5. The minimum Gasteiger partial charge on any atom is -0.382 e. The van der Waals surface area contributed by atoms with E-state index in [4.69, 9.17) is 4.74 Å². The molecular formula is C89H206O. The van der Waals surface area contributed by atoms with Gasteiger partial charge in [-0.25, -0.2) is 0 Å². The van der Waals surface area contributed by atoms with E-state index in [1.54, 1.807) is 0 Å². The summed E-state index contributed by atoms with van der Waals surface area (Å²) >= 11 is 0. The maximum atomic E-state index is 4.83. The van der Waals surface area contributed by atoms with Gasteiger partial charge in [-0.1, -0.05) is 559 Å². The Morgan fingerprint density at radius 3 is 0.178 bits per heavy atom. The van der Waals surface area contributed by atoms with E-state index < -0.39 is 0 Å². The molecular weight excluding hydrogens is 1080 g/mol. The van der Waals surface area contributed by atoms with Crippen molar-refractivity contribution in [1.29, 1.82) is 0 Å². The molecule has 0 atom stereocenters. The van der Waals surface area contributed by atoms with Crippen molar-refractivity contribution in [2.75, 3.05) is 13.2 Å². The molecule has 0 rings (SSSR count). The molecule has 0 aromatic rings. The van der Waals surface area contributed by atoms with E-state index in [-0.39, 0.29) is 0 Å². The number of rotatable bonds is 48. The molecule has 0 heterocycles. The first-order valence-electron chi connectivity index (χ1n) is 43.4. The normalized spacial score (nSPS) is 9.20. The highest BCUT2D eigenvalue weighted by Crippen LogP contribution is 2.05. The molecule has 0 aliphatic heterocycles. The van der Waals surface area contributed by atoms with Crippen molar-refractivity contribution in [1.82, 2.24) is 0 Å². The maximum Gasteiger partial charge on any atom is 0.0437 e. The minimum atomic E-state index is 0.844. The largest absolute Gasteiger partial charge is 0.382 e. The molecule has 0 aromatic carbocycles. The third-order valence-electron chi connectivity index (χ3n) is 14.6. The summed E-state index contributed by atoms with van der Waals surface area (Å²) in [6, 6.07) is 0. The van der Waals surface area contributed by atoms with Crippen molar-refractivity contribution in [3.8, 4) is 0 Å². The topological polar surface area (TPSA) is 9.23 Å².